The summed E-state index contributed by atoms with van der Waals surface area (Å²) in [6.07, 6.45) is 2.35. The number of benzene rings is 1. The highest BCUT2D eigenvalue weighted by atomic mass is 32.8. The summed E-state index contributed by atoms with van der Waals surface area (Å²) in [5.41, 5.74) is 0.791. The number of methoxy groups -OCH3 is 1. The molecule has 7 heteroatoms. The van der Waals surface area contributed by atoms with E-state index in [-0.39, 0.29) is 17.2 Å². The maximum atomic E-state index is 10.4. The average Bonchev–Trinajstić information content (AvgIpc) is 2.30. The molecule has 0 aliphatic carbocycles. The van der Waals surface area contributed by atoms with Crippen molar-refractivity contribution in [3.8, 4) is 11.5 Å². The summed E-state index contributed by atoms with van der Waals surface area (Å²) in [7, 11) is 2.17. The quantitative estimate of drug-likeness (QED) is 0.817. The van der Waals surface area contributed by atoms with Crippen molar-refractivity contribution >= 4 is 39.0 Å². The summed E-state index contributed by atoms with van der Waals surface area (Å²) in [5.74, 6) is -0.981. The maximum absolute atomic E-state index is 10.4. The van der Waals surface area contributed by atoms with Crippen LogP contribution in [0.3, 0.4) is 0 Å². The van der Waals surface area contributed by atoms with Crippen LogP contribution in [-0.4, -0.2) is 23.3 Å². The van der Waals surface area contributed by atoms with E-state index < -0.39 is 5.97 Å². The van der Waals surface area contributed by atoms with Gasteiger partial charge >= 0.3 is 5.97 Å². The van der Waals surface area contributed by atoms with Gasteiger partial charge in [0.1, 0.15) is 5.69 Å². The van der Waals surface area contributed by atoms with E-state index in [1.54, 1.807) is 0 Å². The SMILES string of the molecule is COc1cc(/C=C/C(=O)O)cc(N=S=S)c1O. The molecule has 0 unspecified atom stereocenters. The smallest absolute Gasteiger partial charge is 0.328 e. The largest absolute Gasteiger partial charge is 0.503 e. The van der Waals surface area contributed by atoms with Gasteiger partial charge in [0, 0.05) is 27.4 Å². The molecule has 1 rings (SSSR count). The molecular formula is C10H9NO4S2. The highest BCUT2D eigenvalue weighted by molar-refractivity contribution is 8.12. The first-order valence-corrected chi connectivity index (χ1v) is 6.10. The average molecular weight is 271 g/mol. The maximum Gasteiger partial charge on any atom is 0.328 e. The van der Waals surface area contributed by atoms with Gasteiger partial charge < -0.3 is 14.9 Å². The van der Waals surface area contributed by atoms with Gasteiger partial charge in [-0.05, 0) is 23.8 Å². The molecule has 0 fully saturated rings. The first kappa shape index (κ1) is 13.3. The number of carboxylic acid groups (broad SMARTS) is 1. The fourth-order valence-electron chi connectivity index (χ4n) is 1.14. The zero-order valence-electron chi connectivity index (χ0n) is 8.78. The predicted molar refractivity (Wildman–Crippen MR) is 68.1 cm³/mol. The van der Waals surface area contributed by atoms with Gasteiger partial charge in [-0.15, -0.1) is 0 Å². The number of phenolic OH excluding ortho intramolecular Hbond substituents is 1. The van der Waals surface area contributed by atoms with Crippen LogP contribution in [-0.2, 0) is 26.1 Å². The van der Waals surface area contributed by atoms with E-state index >= 15 is 0 Å². The van der Waals surface area contributed by atoms with Crippen molar-refractivity contribution in [1.29, 1.82) is 0 Å². The van der Waals surface area contributed by atoms with Crippen LogP contribution >= 0.6 is 0 Å². The molecule has 17 heavy (non-hydrogen) atoms. The van der Waals surface area contributed by atoms with Gasteiger partial charge in [-0.25, -0.2) is 4.79 Å². The molecule has 0 heterocycles. The Labute approximate surface area is 106 Å². The van der Waals surface area contributed by atoms with E-state index in [1.165, 1.54) is 25.3 Å². The molecule has 0 aromatic heterocycles. The number of hydrogen-bond acceptors (Lipinski definition) is 5. The zero-order chi connectivity index (χ0) is 12.8. The first-order chi connectivity index (χ1) is 8.08. The molecule has 0 amide bonds. The van der Waals surface area contributed by atoms with Crippen LogP contribution in [0.25, 0.3) is 6.08 Å². The summed E-state index contributed by atoms with van der Waals surface area (Å²) in [5, 5.41) is 18.2. The van der Waals surface area contributed by atoms with E-state index in [4.69, 9.17) is 9.84 Å². The Balaban J connectivity index is 3.29. The van der Waals surface area contributed by atoms with Crippen LogP contribution in [0.5, 0.6) is 11.5 Å². The minimum atomic E-state index is -1.06. The number of aromatic hydroxyl groups is 1. The van der Waals surface area contributed by atoms with Crippen molar-refractivity contribution in [3.63, 3.8) is 0 Å². The molecular weight excluding hydrogens is 262 g/mol. The Hall–Kier alpha value is -1.73. The lowest BCUT2D eigenvalue weighted by Crippen LogP contribution is -1.88. The monoisotopic (exact) mass is 271 g/mol. The Morgan fingerprint density at radius 2 is 2.29 bits per heavy atom. The number of rotatable bonds is 4. The molecule has 1 aromatic carbocycles. The van der Waals surface area contributed by atoms with E-state index in [0.29, 0.717) is 5.56 Å². The molecule has 5 nitrogen and oxygen atoms in total. The van der Waals surface area contributed by atoms with Crippen molar-refractivity contribution in [1.82, 2.24) is 0 Å². The topological polar surface area (TPSA) is 79.1 Å². The molecule has 0 saturated carbocycles. The minimum Gasteiger partial charge on any atom is -0.503 e. The van der Waals surface area contributed by atoms with Crippen LogP contribution in [0.15, 0.2) is 22.6 Å². The van der Waals surface area contributed by atoms with Gasteiger partial charge in [0.15, 0.2) is 11.5 Å². The van der Waals surface area contributed by atoms with Gasteiger partial charge in [-0.3, -0.25) is 0 Å². The molecule has 0 aliphatic heterocycles. The fraction of sp³-hybridized carbons (Fsp3) is 0.100. The molecule has 90 valence electrons. The Morgan fingerprint density at radius 3 is 2.82 bits per heavy atom. The normalized spacial score (nSPS) is 10.2. The first-order valence-electron chi connectivity index (χ1n) is 4.40. The molecule has 1 aromatic rings. The van der Waals surface area contributed by atoms with Crippen LogP contribution < -0.4 is 4.74 Å². The summed E-state index contributed by atoms with van der Waals surface area (Å²) >= 11 is 4.61. The second kappa shape index (κ2) is 6.12. The Kier molecular flexibility index (Phi) is 4.80. The number of carboxylic acids is 1. The van der Waals surface area contributed by atoms with Crippen molar-refractivity contribution < 1.29 is 19.7 Å². The number of carbonyl (C=O) groups is 1. The second-order valence-electron chi connectivity index (χ2n) is 2.93. The number of phenols is 1. The molecule has 2 N–H and O–H groups in total. The third-order valence-corrected chi connectivity index (χ3v) is 2.35. The van der Waals surface area contributed by atoms with Crippen molar-refractivity contribution in [2.75, 3.05) is 7.11 Å². The van der Waals surface area contributed by atoms with Gasteiger partial charge in [0.05, 0.1) is 7.11 Å². The molecule has 0 atom stereocenters. The second-order valence-corrected chi connectivity index (χ2v) is 3.71. The van der Waals surface area contributed by atoms with Gasteiger partial charge in [-0.2, -0.15) is 4.36 Å². The Morgan fingerprint density at radius 1 is 1.59 bits per heavy atom. The third kappa shape index (κ3) is 3.65. The van der Waals surface area contributed by atoms with E-state index in [9.17, 15) is 9.90 Å². The minimum absolute atomic E-state index is 0.127. The third-order valence-electron chi connectivity index (χ3n) is 1.85. The Bertz CT molecular complexity index is 521. The van der Waals surface area contributed by atoms with Gasteiger partial charge in [-0.1, -0.05) is 0 Å². The standard InChI is InChI=1S/C10H9NO4S2/c1-15-8-5-6(2-3-9(12)13)4-7(10(8)14)11-17-16/h2-5,14H,1H3,(H,12,13)/b3-2+. The molecule has 0 aliphatic rings. The molecule has 0 bridgehead atoms. The number of nitrogens with zero attached hydrogens (tertiary/aromatic N) is 1. The summed E-state index contributed by atoms with van der Waals surface area (Å²) in [6, 6.07) is 3.01. The van der Waals surface area contributed by atoms with Crippen molar-refractivity contribution in [3.05, 3.63) is 23.8 Å². The number of aliphatic carboxylic acids is 1. The summed E-state index contributed by atoms with van der Waals surface area (Å²) < 4.78 is 8.77. The van der Waals surface area contributed by atoms with E-state index in [2.05, 4.69) is 15.6 Å². The lowest BCUT2D eigenvalue weighted by atomic mass is 10.1. The predicted octanol–water partition coefficient (Wildman–Crippen LogP) is 1.86. The lowest BCUT2D eigenvalue weighted by Gasteiger charge is -2.06. The van der Waals surface area contributed by atoms with Gasteiger partial charge in [0.25, 0.3) is 0 Å². The summed E-state index contributed by atoms with van der Waals surface area (Å²) in [6.45, 7) is 0. The van der Waals surface area contributed by atoms with Crippen molar-refractivity contribution in [2.24, 2.45) is 4.36 Å². The molecule has 0 saturated heterocycles. The van der Waals surface area contributed by atoms with Crippen molar-refractivity contribution in [2.45, 2.75) is 0 Å². The van der Waals surface area contributed by atoms with Crippen LogP contribution in [0.4, 0.5) is 5.69 Å². The summed E-state index contributed by atoms with van der Waals surface area (Å²) in [4.78, 5) is 10.4. The molecule has 0 radical (unpaired) electrons. The van der Waals surface area contributed by atoms with Crippen LogP contribution in [0.2, 0.25) is 0 Å². The van der Waals surface area contributed by atoms with Crippen LogP contribution in [0.1, 0.15) is 5.56 Å². The van der Waals surface area contributed by atoms with E-state index in [0.717, 1.165) is 16.2 Å². The number of hydrogen-bond donors (Lipinski definition) is 2. The highest BCUT2D eigenvalue weighted by Crippen LogP contribution is 2.37. The molecule has 0 spiro atoms. The zero-order valence-corrected chi connectivity index (χ0v) is 10.4. The lowest BCUT2D eigenvalue weighted by molar-refractivity contribution is -0.131. The van der Waals surface area contributed by atoms with Gasteiger partial charge in [0.2, 0.25) is 0 Å². The fourth-order valence-corrected chi connectivity index (χ4v) is 1.60. The number of ether oxygens (including phenoxy) is 1. The van der Waals surface area contributed by atoms with E-state index in [1.807, 2.05) is 0 Å². The van der Waals surface area contributed by atoms with Crippen LogP contribution in [0, 0.1) is 0 Å². The highest BCUT2D eigenvalue weighted by Gasteiger charge is 2.08.